The number of hydrogen-bond acceptors (Lipinski definition) is 4. The average Bonchev–Trinajstić information content (AvgIpc) is 2.87. The number of aromatic nitrogens is 2. The highest BCUT2D eigenvalue weighted by Gasteiger charge is 2.23. The standard InChI is InChI=1S/C13H15N3O4S/c1-10-3-5-11(6-4-10)15(2)21(19,20)12-7-14-16(8-12)9-13(17)18/h3-8H,9H2,1-2H3,(H,17,18). The predicted octanol–water partition coefficient (Wildman–Crippen LogP) is 1.10. The molecule has 0 amide bonds. The van der Waals surface area contributed by atoms with Crippen molar-refractivity contribution in [3.8, 4) is 0 Å². The highest BCUT2D eigenvalue weighted by molar-refractivity contribution is 7.92. The van der Waals surface area contributed by atoms with E-state index >= 15 is 0 Å². The van der Waals surface area contributed by atoms with E-state index in [1.54, 1.807) is 12.1 Å². The second kappa shape index (κ2) is 5.57. The smallest absolute Gasteiger partial charge is 0.325 e. The number of nitrogens with zero attached hydrogens (tertiary/aromatic N) is 3. The quantitative estimate of drug-likeness (QED) is 0.893. The molecule has 0 saturated heterocycles. The first-order valence-corrected chi connectivity index (χ1v) is 7.54. The lowest BCUT2D eigenvalue weighted by atomic mass is 10.2. The van der Waals surface area contributed by atoms with Gasteiger partial charge in [-0.3, -0.25) is 13.8 Å². The van der Waals surface area contributed by atoms with Gasteiger partial charge in [-0.25, -0.2) is 8.42 Å². The SMILES string of the molecule is Cc1ccc(N(C)S(=O)(=O)c2cnn(CC(=O)O)c2)cc1. The molecular weight excluding hydrogens is 294 g/mol. The molecule has 0 atom stereocenters. The Bertz CT molecular complexity index is 750. The van der Waals surface area contributed by atoms with E-state index < -0.39 is 16.0 Å². The molecule has 112 valence electrons. The van der Waals surface area contributed by atoms with Gasteiger partial charge in [-0.15, -0.1) is 0 Å². The minimum absolute atomic E-state index is 0.0492. The molecule has 0 aliphatic rings. The molecule has 0 aliphatic heterocycles. The molecule has 8 heteroatoms. The summed E-state index contributed by atoms with van der Waals surface area (Å²) in [6.45, 7) is 1.53. The van der Waals surface area contributed by atoms with Gasteiger partial charge in [-0.05, 0) is 19.1 Å². The van der Waals surface area contributed by atoms with Crippen LogP contribution in [0.5, 0.6) is 0 Å². The van der Waals surface area contributed by atoms with E-state index in [-0.39, 0.29) is 11.4 Å². The third kappa shape index (κ3) is 3.22. The minimum Gasteiger partial charge on any atom is -0.480 e. The normalized spacial score (nSPS) is 11.3. The Morgan fingerprint density at radius 3 is 2.52 bits per heavy atom. The molecule has 2 aromatic rings. The number of aliphatic carboxylic acids is 1. The van der Waals surface area contributed by atoms with E-state index in [2.05, 4.69) is 5.10 Å². The molecule has 1 aromatic carbocycles. The number of hydrogen-bond donors (Lipinski definition) is 1. The molecule has 0 unspecified atom stereocenters. The Morgan fingerprint density at radius 1 is 1.33 bits per heavy atom. The first kappa shape index (κ1) is 15.0. The molecule has 0 spiro atoms. The van der Waals surface area contributed by atoms with Crippen LogP contribution < -0.4 is 4.31 Å². The number of aryl methyl sites for hydroxylation is 1. The van der Waals surface area contributed by atoms with E-state index in [1.165, 1.54) is 13.2 Å². The highest BCUT2D eigenvalue weighted by atomic mass is 32.2. The Balaban J connectivity index is 2.30. The maximum Gasteiger partial charge on any atom is 0.325 e. The highest BCUT2D eigenvalue weighted by Crippen LogP contribution is 2.21. The van der Waals surface area contributed by atoms with Crippen molar-refractivity contribution in [2.75, 3.05) is 11.4 Å². The molecule has 0 saturated carbocycles. The Kier molecular flexibility index (Phi) is 3.99. The summed E-state index contributed by atoms with van der Waals surface area (Å²) < 4.78 is 27.1. The van der Waals surface area contributed by atoms with Crippen LogP contribution in [0.25, 0.3) is 0 Å². The van der Waals surface area contributed by atoms with Gasteiger partial charge >= 0.3 is 5.97 Å². The molecular formula is C13H15N3O4S. The van der Waals surface area contributed by atoms with Crippen LogP contribution in [0.4, 0.5) is 5.69 Å². The van der Waals surface area contributed by atoms with Crippen molar-refractivity contribution in [3.63, 3.8) is 0 Å². The van der Waals surface area contributed by atoms with Gasteiger partial charge in [0.1, 0.15) is 11.4 Å². The number of rotatable bonds is 5. The summed E-state index contributed by atoms with van der Waals surface area (Å²) in [5.74, 6) is -1.09. The first-order valence-electron chi connectivity index (χ1n) is 6.10. The van der Waals surface area contributed by atoms with Crippen molar-refractivity contribution in [1.82, 2.24) is 9.78 Å². The molecule has 0 radical (unpaired) electrons. The summed E-state index contributed by atoms with van der Waals surface area (Å²) in [7, 11) is -2.32. The number of carbonyl (C=O) groups is 1. The van der Waals surface area contributed by atoms with Gasteiger partial charge in [-0.2, -0.15) is 5.10 Å². The lowest BCUT2D eigenvalue weighted by molar-refractivity contribution is -0.137. The van der Waals surface area contributed by atoms with Crippen LogP contribution in [0.3, 0.4) is 0 Å². The van der Waals surface area contributed by atoms with Crippen molar-refractivity contribution in [3.05, 3.63) is 42.2 Å². The summed E-state index contributed by atoms with van der Waals surface area (Å²) in [5.41, 5.74) is 1.55. The molecule has 7 nitrogen and oxygen atoms in total. The molecule has 1 aromatic heterocycles. The second-order valence-electron chi connectivity index (χ2n) is 4.58. The van der Waals surface area contributed by atoms with Crippen molar-refractivity contribution in [2.24, 2.45) is 0 Å². The number of anilines is 1. The van der Waals surface area contributed by atoms with Crippen LogP contribution >= 0.6 is 0 Å². The van der Waals surface area contributed by atoms with Crippen molar-refractivity contribution in [2.45, 2.75) is 18.4 Å². The number of carboxylic acids is 1. The third-order valence-corrected chi connectivity index (χ3v) is 4.70. The molecule has 1 heterocycles. The van der Waals surface area contributed by atoms with Crippen LogP contribution in [0, 0.1) is 6.92 Å². The summed E-state index contributed by atoms with van der Waals surface area (Å²) in [4.78, 5) is 10.5. The van der Waals surface area contributed by atoms with E-state index in [9.17, 15) is 13.2 Å². The maximum atomic E-state index is 12.4. The molecule has 0 aliphatic carbocycles. The van der Waals surface area contributed by atoms with E-state index in [4.69, 9.17) is 5.11 Å². The van der Waals surface area contributed by atoms with Gasteiger partial charge in [0.25, 0.3) is 10.0 Å². The Morgan fingerprint density at radius 2 is 1.95 bits per heavy atom. The van der Waals surface area contributed by atoms with Crippen molar-refractivity contribution in [1.29, 1.82) is 0 Å². The van der Waals surface area contributed by atoms with Gasteiger partial charge in [0.15, 0.2) is 0 Å². The Labute approximate surface area is 122 Å². The number of sulfonamides is 1. The van der Waals surface area contributed by atoms with Gasteiger partial charge in [0.05, 0.1) is 11.9 Å². The molecule has 0 bridgehead atoms. The molecule has 21 heavy (non-hydrogen) atoms. The number of carboxylic acid groups (broad SMARTS) is 1. The molecule has 0 fully saturated rings. The van der Waals surface area contributed by atoms with Crippen LogP contribution in [0.2, 0.25) is 0 Å². The van der Waals surface area contributed by atoms with Crippen molar-refractivity contribution < 1.29 is 18.3 Å². The fourth-order valence-corrected chi connectivity index (χ4v) is 2.91. The van der Waals surface area contributed by atoms with E-state index in [1.807, 2.05) is 19.1 Å². The maximum absolute atomic E-state index is 12.4. The molecule has 2 rings (SSSR count). The predicted molar refractivity (Wildman–Crippen MR) is 76.6 cm³/mol. The minimum atomic E-state index is -3.76. The second-order valence-corrected chi connectivity index (χ2v) is 6.54. The fraction of sp³-hybridized carbons (Fsp3) is 0.231. The van der Waals surface area contributed by atoms with Crippen LogP contribution in [0.15, 0.2) is 41.6 Å². The van der Waals surface area contributed by atoms with E-state index in [0.717, 1.165) is 20.7 Å². The van der Waals surface area contributed by atoms with Gasteiger partial charge in [0, 0.05) is 13.2 Å². The van der Waals surface area contributed by atoms with Crippen LogP contribution in [-0.2, 0) is 21.4 Å². The summed E-state index contributed by atoms with van der Waals surface area (Å²) in [5, 5.41) is 12.4. The van der Waals surface area contributed by atoms with Crippen LogP contribution in [0.1, 0.15) is 5.56 Å². The van der Waals surface area contributed by atoms with Gasteiger partial charge < -0.3 is 5.11 Å². The zero-order chi connectivity index (χ0) is 15.6. The zero-order valence-corrected chi connectivity index (χ0v) is 12.4. The van der Waals surface area contributed by atoms with Crippen LogP contribution in [-0.4, -0.2) is 36.3 Å². The fourth-order valence-electron chi connectivity index (χ4n) is 1.75. The lowest BCUT2D eigenvalue weighted by Crippen LogP contribution is -2.26. The van der Waals surface area contributed by atoms with Gasteiger partial charge in [0.2, 0.25) is 0 Å². The summed E-state index contributed by atoms with van der Waals surface area (Å²) in [6.07, 6.45) is 2.34. The first-order chi connectivity index (χ1) is 9.80. The number of benzene rings is 1. The van der Waals surface area contributed by atoms with Gasteiger partial charge in [-0.1, -0.05) is 17.7 Å². The lowest BCUT2D eigenvalue weighted by Gasteiger charge is -2.18. The monoisotopic (exact) mass is 309 g/mol. The van der Waals surface area contributed by atoms with Crippen molar-refractivity contribution >= 4 is 21.7 Å². The zero-order valence-electron chi connectivity index (χ0n) is 11.6. The molecule has 1 N–H and O–H groups in total. The summed E-state index contributed by atoms with van der Waals surface area (Å²) >= 11 is 0. The topological polar surface area (TPSA) is 92.5 Å². The third-order valence-electron chi connectivity index (χ3n) is 2.96. The Hall–Kier alpha value is -2.35. The summed E-state index contributed by atoms with van der Waals surface area (Å²) in [6, 6.07) is 7.04. The van der Waals surface area contributed by atoms with E-state index in [0.29, 0.717) is 5.69 Å². The average molecular weight is 309 g/mol. The largest absolute Gasteiger partial charge is 0.480 e.